The number of hydrogen-bond donors (Lipinski definition) is 2. The van der Waals surface area contributed by atoms with Gasteiger partial charge in [0.15, 0.2) is 0 Å². The molecule has 23 heavy (non-hydrogen) atoms. The van der Waals surface area contributed by atoms with Gasteiger partial charge in [0.05, 0.1) is 5.41 Å². The fraction of sp³-hybridized carbons (Fsp3) is 0.611. The minimum Gasteiger partial charge on any atom is -0.353 e. The van der Waals surface area contributed by atoms with Crippen LogP contribution in [-0.4, -0.2) is 18.0 Å². The molecule has 1 aromatic carbocycles. The molecule has 130 valence electrons. The number of halogens is 2. The first-order valence-electron chi connectivity index (χ1n) is 8.34. The van der Waals surface area contributed by atoms with Gasteiger partial charge in [-0.05, 0) is 56.2 Å². The third-order valence-corrected chi connectivity index (χ3v) is 5.40. The fourth-order valence-corrected chi connectivity index (χ4v) is 3.59. The van der Waals surface area contributed by atoms with Crippen molar-refractivity contribution in [3.63, 3.8) is 0 Å². The van der Waals surface area contributed by atoms with Crippen LogP contribution >= 0.6 is 24.0 Å². The van der Waals surface area contributed by atoms with Crippen LogP contribution in [0.3, 0.4) is 0 Å². The van der Waals surface area contributed by atoms with E-state index in [1.165, 1.54) is 0 Å². The second-order valence-corrected chi connectivity index (χ2v) is 6.82. The van der Waals surface area contributed by atoms with Gasteiger partial charge in [0.2, 0.25) is 5.91 Å². The lowest BCUT2D eigenvalue weighted by molar-refractivity contribution is -0.128. The Kier molecular flexibility index (Phi) is 7.85. The van der Waals surface area contributed by atoms with Crippen LogP contribution in [0.4, 0.5) is 0 Å². The standard InChI is InChI=1S/C18H27ClN2O.ClH/c1-3-18(4-2,13-5-7-14(19)8-6-13)17(22)21-16-11-9-15(20)10-12-16;/h5-8,15-16H,3-4,9-12,20H2,1-2H3,(H,21,22);1H. The zero-order chi connectivity index (χ0) is 16.2. The fourth-order valence-electron chi connectivity index (χ4n) is 3.47. The molecule has 2 rings (SSSR count). The average Bonchev–Trinajstić information content (AvgIpc) is 2.53. The number of hydrogen-bond acceptors (Lipinski definition) is 2. The zero-order valence-electron chi connectivity index (χ0n) is 14.0. The van der Waals surface area contributed by atoms with E-state index in [1.807, 2.05) is 24.3 Å². The van der Waals surface area contributed by atoms with Crippen LogP contribution in [0, 0.1) is 0 Å². The predicted molar refractivity (Wildman–Crippen MR) is 99.3 cm³/mol. The summed E-state index contributed by atoms with van der Waals surface area (Å²) in [5.74, 6) is 0.139. The molecular formula is C18H28Cl2N2O. The lowest BCUT2D eigenvalue weighted by Crippen LogP contribution is -2.49. The number of benzene rings is 1. The SMILES string of the molecule is CCC(CC)(C(=O)NC1CCC(N)CC1)c1ccc(Cl)cc1.Cl. The maximum absolute atomic E-state index is 13.0. The van der Waals surface area contributed by atoms with Gasteiger partial charge in [-0.25, -0.2) is 0 Å². The second kappa shape index (κ2) is 8.91. The van der Waals surface area contributed by atoms with Crippen LogP contribution in [-0.2, 0) is 10.2 Å². The van der Waals surface area contributed by atoms with Gasteiger partial charge < -0.3 is 11.1 Å². The molecule has 0 aliphatic heterocycles. The topological polar surface area (TPSA) is 55.1 Å². The number of carbonyl (C=O) groups is 1. The summed E-state index contributed by atoms with van der Waals surface area (Å²) in [4.78, 5) is 13.0. The first-order chi connectivity index (χ1) is 10.5. The summed E-state index contributed by atoms with van der Waals surface area (Å²) in [6.45, 7) is 4.16. The molecule has 1 amide bonds. The van der Waals surface area contributed by atoms with Crippen LogP contribution in [0.2, 0.25) is 5.02 Å². The highest BCUT2D eigenvalue weighted by Gasteiger charge is 2.38. The molecule has 1 aromatic rings. The minimum atomic E-state index is -0.468. The van der Waals surface area contributed by atoms with Crippen molar-refractivity contribution < 1.29 is 4.79 Å². The maximum Gasteiger partial charge on any atom is 0.230 e. The first kappa shape index (κ1) is 20.3. The molecule has 0 heterocycles. The van der Waals surface area contributed by atoms with E-state index < -0.39 is 5.41 Å². The normalized spacial score (nSPS) is 21.4. The Morgan fingerprint density at radius 1 is 1.17 bits per heavy atom. The van der Waals surface area contributed by atoms with Gasteiger partial charge in [-0.3, -0.25) is 4.79 Å². The number of carbonyl (C=O) groups excluding carboxylic acids is 1. The zero-order valence-corrected chi connectivity index (χ0v) is 15.6. The number of nitrogens with one attached hydrogen (secondary N) is 1. The Morgan fingerprint density at radius 3 is 2.17 bits per heavy atom. The van der Waals surface area contributed by atoms with Crippen LogP contribution < -0.4 is 11.1 Å². The van der Waals surface area contributed by atoms with E-state index in [0.717, 1.165) is 44.1 Å². The highest BCUT2D eigenvalue weighted by atomic mass is 35.5. The highest BCUT2D eigenvalue weighted by Crippen LogP contribution is 2.33. The third kappa shape index (κ3) is 4.62. The van der Waals surface area contributed by atoms with Crippen molar-refractivity contribution >= 4 is 29.9 Å². The van der Waals surface area contributed by atoms with Gasteiger partial charge in [-0.15, -0.1) is 12.4 Å². The number of rotatable bonds is 5. The molecule has 0 bridgehead atoms. The summed E-state index contributed by atoms with van der Waals surface area (Å²) in [6.07, 6.45) is 5.52. The molecule has 3 nitrogen and oxygen atoms in total. The van der Waals surface area contributed by atoms with Crippen molar-refractivity contribution in [2.75, 3.05) is 0 Å². The molecule has 0 spiro atoms. The molecule has 1 aliphatic carbocycles. The van der Waals surface area contributed by atoms with Gasteiger partial charge in [0.25, 0.3) is 0 Å². The predicted octanol–water partition coefficient (Wildman–Crippen LogP) is 4.21. The molecule has 3 N–H and O–H groups in total. The Hall–Kier alpha value is -0.770. The minimum absolute atomic E-state index is 0. The molecule has 0 saturated heterocycles. The smallest absolute Gasteiger partial charge is 0.230 e. The lowest BCUT2D eigenvalue weighted by Gasteiger charge is -2.35. The van der Waals surface area contributed by atoms with Crippen LogP contribution in [0.25, 0.3) is 0 Å². The van der Waals surface area contributed by atoms with Crippen LogP contribution in [0.5, 0.6) is 0 Å². The molecule has 0 aromatic heterocycles. The summed E-state index contributed by atoms with van der Waals surface area (Å²) in [5, 5.41) is 3.97. The van der Waals surface area contributed by atoms with Crippen molar-refractivity contribution in [1.82, 2.24) is 5.32 Å². The average molecular weight is 359 g/mol. The van der Waals surface area contributed by atoms with Crippen molar-refractivity contribution in [2.24, 2.45) is 5.73 Å². The maximum atomic E-state index is 13.0. The van der Waals surface area contributed by atoms with E-state index in [1.54, 1.807) is 0 Å². The Morgan fingerprint density at radius 2 is 1.70 bits per heavy atom. The van der Waals surface area contributed by atoms with Gasteiger partial charge in [0.1, 0.15) is 0 Å². The molecular weight excluding hydrogens is 331 g/mol. The van der Waals surface area contributed by atoms with E-state index in [9.17, 15) is 4.79 Å². The number of nitrogens with two attached hydrogens (primary N) is 1. The second-order valence-electron chi connectivity index (χ2n) is 6.38. The molecule has 5 heteroatoms. The lowest BCUT2D eigenvalue weighted by atomic mass is 9.74. The van der Waals surface area contributed by atoms with E-state index in [4.69, 9.17) is 17.3 Å². The van der Waals surface area contributed by atoms with Gasteiger partial charge in [-0.1, -0.05) is 37.6 Å². The molecule has 0 atom stereocenters. The number of amides is 1. The van der Waals surface area contributed by atoms with Gasteiger partial charge in [-0.2, -0.15) is 0 Å². The van der Waals surface area contributed by atoms with E-state index >= 15 is 0 Å². The summed E-state index contributed by atoms with van der Waals surface area (Å²) >= 11 is 5.98. The molecule has 1 saturated carbocycles. The Bertz CT molecular complexity index is 492. The van der Waals surface area contributed by atoms with Crippen molar-refractivity contribution in [3.8, 4) is 0 Å². The third-order valence-electron chi connectivity index (χ3n) is 5.15. The van der Waals surface area contributed by atoms with E-state index in [2.05, 4.69) is 19.2 Å². The quantitative estimate of drug-likeness (QED) is 0.828. The van der Waals surface area contributed by atoms with Crippen molar-refractivity contribution in [1.29, 1.82) is 0 Å². The van der Waals surface area contributed by atoms with E-state index in [0.29, 0.717) is 11.1 Å². The van der Waals surface area contributed by atoms with Crippen molar-refractivity contribution in [2.45, 2.75) is 69.9 Å². The first-order valence-corrected chi connectivity index (χ1v) is 8.72. The summed E-state index contributed by atoms with van der Waals surface area (Å²) in [5.41, 5.74) is 6.53. The summed E-state index contributed by atoms with van der Waals surface area (Å²) < 4.78 is 0. The van der Waals surface area contributed by atoms with Gasteiger partial charge in [0, 0.05) is 17.1 Å². The Balaban J connectivity index is 0.00000264. The summed E-state index contributed by atoms with van der Waals surface area (Å²) in [7, 11) is 0. The van der Waals surface area contributed by atoms with E-state index in [-0.39, 0.29) is 24.4 Å². The molecule has 1 fully saturated rings. The Labute approximate surface area is 150 Å². The van der Waals surface area contributed by atoms with Gasteiger partial charge >= 0.3 is 0 Å². The molecule has 1 aliphatic rings. The summed E-state index contributed by atoms with van der Waals surface area (Å²) in [6, 6.07) is 8.24. The van der Waals surface area contributed by atoms with Crippen LogP contribution in [0.15, 0.2) is 24.3 Å². The highest BCUT2D eigenvalue weighted by molar-refractivity contribution is 6.30. The molecule has 0 radical (unpaired) electrons. The monoisotopic (exact) mass is 358 g/mol. The van der Waals surface area contributed by atoms with Crippen molar-refractivity contribution in [3.05, 3.63) is 34.9 Å². The molecule has 0 unspecified atom stereocenters. The largest absolute Gasteiger partial charge is 0.353 e. The van der Waals surface area contributed by atoms with Crippen LogP contribution in [0.1, 0.15) is 57.9 Å².